The Morgan fingerprint density at radius 1 is 1.24 bits per heavy atom. The molecule has 0 spiro atoms. The van der Waals surface area contributed by atoms with Gasteiger partial charge < -0.3 is 5.32 Å². The molecule has 0 saturated carbocycles. The van der Waals surface area contributed by atoms with Crippen molar-refractivity contribution in [2.75, 3.05) is 5.32 Å². The highest BCUT2D eigenvalue weighted by Crippen LogP contribution is 2.24. The Bertz CT molecular complexity index is 733. The van der Waals surface area contributed by atoms with Crippen molar-refractivity contribution < 1.29 is 9.72 Å². The summed E-state index contributed by atoms with van der Waals surface area (Å²) in [5.41, 5.74) is 1.29. The molecule has 1 amide bonds. The van der Waals surface area contributed by atoms with Gasteiger partial charge in [0.15, 0.2) is 0 Å². The minimum Gasteiger partial charge on any atom is -0.301 e. The summed E-state index contributed by atoms with van der Waals surface area (Å²) in [5.74, 6) is -0.727. The number of nitrogens with zero attached hydrogens (tertiary/aromatic N) is 3. The third-order valence-electron chi connectivity index (χ3n) is 2.74. The summed E-state index contributed by atoms with van der Waals surface area (Å²) in [5, 5.41) is 13.4. The normalized spacial score (nSPS) is 10.2. The lowest BCUT2D eigenvalue weighted by atomic mass is 10.1. The highest BCUT2D eigenvalue weighted by atomic mass is 35.5. The predicted octanol–water partition coefficient (Wildman–Crippen LogP) is 2.91. The first-order valence-corrected chi connectivity index (χ1v) is 6.33. The predicted molar refractivity (Wildman–Crippen MR) is 77.6 cm³/mol. The Labute approximate surface area is 125 Å². The zero-order valence-electron chi connectivity index (χ0n) is 11.3. The van der Waals surface area contributed by atoms with Crippen molar-refractivity contribution in [3.8, 4) is 0 Å². The first kappa shape index (κ1) is 14.9. The van der Waals surface area contributed by atoms with Crippen molar-refractivity contribution in [1.29, 1.82) is 0 Å². The van der Waals surface area contributed by atoms with Gasteiger partial charge in [-0.05, 0) is 32.0 Å². The number of hydrogen-bond acceptors (Lipinski definition) is 5. The molecule has 0 aromatic carbocycles. The number of hydrogen-bond donors (Lipinski definition) is 1. The summed E-state index contributed by atoms with van der Waals surface area (Å²) < 4.78 is 0. The van der Waals surface area contributed by atoms with E-state index < -0.39 is 10.8 Å². The summed E-state index contributed by atoms with van der Waals surface area (Å²) >= 11 is 5.71. The molecular weight excluding hydrogens is 296 g/mol. The third kappa shape index (κ3) is 3.32. The maximum absolute atomic E-state index is 12.2. The number of anilines is 1. The van der Waals surface area contributed by atoms with Crippen molar-refractivity contribution in [1.82, 2.24) is 9.97 Å². The largest absolute Gasteiger partial charge is 0.311 e. The lowest BCUT2D eigenvalue weighted by molar-refractivity contribution is -0.384. The van der Waals surface area contributed by atoms with Gasteiger partial charge in [-0.2, -0.15) is 0 Å². The average molecular weight is 307 g/mol. The van der Waals surface area contributed by atoms with Crippen LogP contribution in [0, 0.1) is 24.0 Å². The van der Waals surface area contributed by atoms with Gasteiger partial charge in [0.05, 0.1) is 16.2 Å². The SMILES string of the molecule is Cc1ccc(C(=O)Nc2nc(Cl)ccc2[N+](=O)[O-])c(C)n1. The topological polar surface area (TPSA) is 98.0 Å². The van der Waals surface area contributed by atoms with E-state index >= 15 is 0 Å². The molecule has 2 rings (SSSR count). The number of nitrogens with one attached hydrogen (secondary N) is 1. The molecule has 0 bridgehead atoms. The van der Waals surface area contributed by atoms with Crippen LogP contribution in [0.15, 0.2) is 24.3 Å². The van der Waals surface area contributed by atoms with Crippen LogP contribution in [0.1, 0.15) is 21.7 Å². The number of carbonyl (C=O) groups excluding carboxylic acids is 1. The summed E-state index contributed by atoms with van der Waals surface area (Å²) in [7, 11) is 0. The van der Waals surface area contributed by atoms with Crippen LogP contribution in [0.5, 0.6) is 0 Å². The molecule has 108 valence electrons. The molecule has 1 N–H and O–H groups in total. The van der Waals surface area contributed by atoms with Crippen LogP contribution in [0.4, 0.5) is 11.5 Å². The van der Waals surface area contributed by atoms with E-state index in [2.05, 4.69) is 15.3 Å². The number of aromatic nitrogens is 2. The second-order valence-electron chi connectivity index (χ2n) is 4.30. The van der Waals surface area contributed by atoms with Crippen LogP contribution in [0.3, 0.4) is 0 Å². The van der Waals surface area contributed by atoms with E-state index in [0.29, 0.717) is 11.3 Å². The monoisotopic (exact) mass is 306 g/mol. The molecule has 0 atom stereocenters. The Balaban J connectivity index is 2.35. The van der Waals surface area contributed by atoms with Crippen LogP contribution < -0.4 is 5.32 Å². The van der Waals surface area contributed by atoms with E-state index in [1.807, 2.05) is 0 Å². The second kappa shape index (κ2) is 5.84. The molecular formula is C13H11ClN4O3. The molecule has 0 radical (unpaired) electrons. The lowest BCUT2D eigenvalue weighted by Gasteiger charge is -2.07. The first-order valence-electron chi connectivity index (χ1n) is 5.95. The Hall–Kier alpha value is -2.54. The van der Waals surface area contributed by atoms with Gasteiger partial charge >= 0.3 is 5.69 Å². The standard InChI is InChI=1S/C13H11ClN4O3/c1-7-3-4-9(8(2)15-7)13(19)17-12-10(18(20)21)5-6-11(14)16-12/h3-6H,1-2H3,(H,16,17,19). The molecule has 0 saturated heterocycles. The van der Waals surface area contributed by atoms with Crippen LogP contribution in [-0.2, 0) is 0 Å². The fraction of sp³-hybridized carbons (Fsp3) is 0.154. The first-order chi connectivity index (χ1) is 9.88. The van der Waals surface area contributed by atoms with Crippen molar-refractivity contribution >= 4 is 29.0 Å². The van der Waals surface area contributed by atoms with E-state index in [4.69, 9.17) is 11.6 Å². The molecule has 2 heterocycles. The number of amides is 1. The molecule has 8 heteroatoms. The molecule has 21 heavy (non-hydrogen) atoms. The van der Waals surface area contributed by atoms with Gasteiger partial charge in [-0.15, -0.1) is 0 Å². The number of carbonyl (C=O) groups is 1. The number of halogens is 1. The molecule has 0 fully saturated rings. The number of pyridine rings is 2. The fourth-order valence-corrected chi connectivity index (χ4v) is 1.92. The van der Waals surface area contributed by atoms with Gasteiger partial charge in [0, 0.05) is 11.8 Å². The summed E-state index contributed by atoms with van der Waals surface area (Å²) in [6.07, 6.45) is 0. The van der Waals surface area contributed by atoms with E-state index in [1.54, 1.807) is 26.0 Å². The van der Waals surface area contributed by atoms with Gasteiger partial charge in [0.1, 0.15) is 5.15 Å². The van der Waals surface area contributed by atoms with Crippen molar-refractivity contribution in [2.24, 2.45) is 0 Å². The lowest BCUT2D eigenvalue weighted by Crippen LogP contribution is -2.16. The smallest absolute Gasteiger partial charge is 0.301 e. The molecule has 0 unspecified atom stereocenters. The Morgan fingerprint density at radius 3 is 2.57 bits per heavy atom. The molecule has 7 nitrogen and oxygen atoms in total. The molecule has 2 aromatic heterocycles. The van der Waals surface area contributed by atoms with Gasteiger partial charge in [0.25, 0.3) is 5.91 Å². The number of nitro groups is 1. The van der Waals surface area contributed by atoms with Crippen molar-refractivity contribution in [3.05, 3.63) is 56.5 Å². The number of rotatable bonds is 3. The van der Waals surface area contributed by atoms with Crippen LogP contribution in [0.25, 0.3) is 0 Å². The quantitative estimate of drug-likeness (QED) is 0.534. The molecule has 2 aromatic rings. The number of aryl methyl sites for hydroxylation is 2. The minimum atomic E-state index is -0.640. The van der Waals surface area contributed by atoms with Crippen LogP contribution >= 0.6 is 11.6 Å². The van der Waals surface area contributed by atoms with Gasteiger partial charge in [-0.1, -0.05) is 11.6 Å². The highest BCUT2D eigenvalue weighted by molar-refractivity contribution is 6.29. The maximum Gasteiger partial charge on any atom is 0.311 e. The maximum atomic E-state index is 12.2. The molecule has 0 aliphatic heterocycles. The zero-order valence-corrected chi connectivity index (χ0v) is 12.0. The Kier molecular flexibility index (Phi) is 4.13. The van der Waals surface area contributed by atoms with Crippen LogP contribution in [0.2, 0.25) is 5.15 Å². The minimum absolute atomic E-state index is 0.0506. The highest BCUT2D eigenvalue weighted by Gasteiger charge is 2.19. The van der Waals surface area contributed by atoms with Gasteiger partial charge in [-0.25, -0.2) is 4.98 Å². The molecule has 0 aliphatic rings. The molecule has 0 aliphatic carbocycles. The van der Waals surface area contributed by atoms with Crippen molar-refractivity contribution in [2.45, 2.75) is 13.8 Å². The van der Waals surface area contributed by atoms with Gasteiger partial charge in [-0.3, -0.25) is 19.9 Å². The van der Waals surface area contributed by atoms with E-state index in [0.717, 1.165) is 5.69 Å². The summed E-state index contributed by atoms with van der Waals surface area (Å²) in [6, 6.07) is 5.75. The summed E-state index contributed by atoms with van der Waals surface area (Å²) in [4.78, 5) is 30.4. The van der Waals surface area contributed by atoms with E-state index in [-0.39, 0.29) is 16.7 Å². The van der Waals surface area contributed by atoms with E-state index in [9.17, 15) is 14.9 Å². The second-order valence-corrected chi connectivity index (χ2v) is 4.69. The fourth-order valence-electron chi connectivity index (χ4n) is 1.77. The van der Waals surface area contributed by atoms with Crippen LogP contribution in [-0.4, -0.2) is 20.8 Å². The van der Waals surface area contributed by atoms with Gasteiger partial charge in [0.2, 0.25) is 5.82 Å². The van der Waals surface area contributed by atoms with Crippen molar-refractivity contribution in [3.63, 3.8) is 0 Å². The zero-order chi connectivity index (χ0) is 15.6. The third-order valence-corrected chi connectivity index (χ3v) is 2.95. The van der Waals surface area contributed by atoms with E-state index in [1.165, 1.54) is 12.1 Å². The Morgan fingerprint density at radius 2 is 1.95 bits per heavy atom. The summed E-state index contributed by atoms with van der Waals surface area (Å²) in [6.45, 7) is 3.49. The average Bonchev–Trinajstić information content (AvgIpc) is 2.37.